The molecule has 4 heterocycles. The predicted octanol–water partition coefficient (Wildman–Crippen LogP) is 12.0. The number of benzene rings is 6. The Labute approximate surface area is 505 Å². The Bertz CT molecular complexity index is 3430. The maximum Gasteiger partial charge on any atom is 0.261 e. The summed E-state index contributed by atoms with van der Waals surface area (Å²) in [5.41, 5.74) is 12.5. The molecule has 2 aliphatic heterocycles. The van der Waals surface area contributed by atoms with Crippen LogP contribution in [0.3, 0.4) is 0 Å². The molecule has 0 radical (unpaired) electrons. The first kappa shape index (κ1) is 60.8. The highest BCUT2D eigenvalue weighted by atomic mass is 16.5. The second-order valence-corrected chi connectivity index (χ2v) is 27.2. The van der Waals surface area contributed by atoms with Crippen LogP contribution in [0.2, 0.25) is 0 Å². The number of rotatable bonds is 22. The fourth-order valence-corrected chi connectivity index (χ4v) is 10.9. The zero-order valence-corrected chi connectivity index (χ0v) is 52.1. The van der Waals surface area contributed by atoms with Gasteiger partial charge in [-0.2, -0.15) is 0 Å². The first-order chi connectivity index (χ1) is 40.8. The molecule has 0 aliphatic carbocycles. The summed E-state index contributed by atoms with van der Waals surface area (Å²) >= 11 is 0. The first-order valence-corrected chi connectivity index (χ1v) is 30.0. The fraction of sp³-hybridized carbons (Fsp3) is 0.400. The third-order valence-corrected chi connectivity index (χ3v) is 16.1. The molecule has 0 bridgehead atoms. The van der Waals surface area contributed by atoms with Crippen LogP contribution in [0.25, 0.3) is 10.8 Å². The number of amides is 4. The molecule has 16 nitrogen and oxygen atoms in total. The van der Waals surface area contributed by atoms with E-state index in [2.05, 4.69) is 151 Å². The van der Waals surface area contributed by atoms with E-state index in [4.69, 9.17) is 9.47 Å². The summed E-state index contributed by atoms with van der Waals surface area (Å²) in [6.45, 7) is 31.4. The molecule has 2 N–H and O–H groups in total. The van der Waals surface area contributed by atoms with Crippen molar-refractivity contribution in [2.24, 2.45) is 0 Å². The van der Waals surface area contributed by atoms with Crippen LogP contribution in [-0.4, -0.2) is 89.6 Å². The number of nitrogens with zero attached hydrogens (tertiary/aromatic N) is 8. The van der Waals surface area contributed by atoms with Crippen molar-refractivity contribution in [1.29, 1.82) is 0 Å². The Balaban J connectivity index is 0.645. The van der Waals surface area contributed by atoms with Crippen LogP contribution in [0.15, 0.2) is 122 Å². The molecule has 0 atom stereocenters. The number of nitrogens with one attached hydrogen (secondary N) is 2. The molecule has 4 amide bonds. The minimum atomic E-state index is -0.440. The summed E-state index contributed by atoms with van der Waals surface area (Å²) in [6, 6.07) is 35.9. The van der Waals surface area contributed by atoms with Crippen LogP contribution in [0.5, 0.6) is 11.5 Å². The third kappa shape index (κ3) is 14.0. The van der Waals surface area contributed by atoms with Gasteiger partial charge in [-0.1, -0.05) is 154 Å². The van der Waals surface area contributed by atoms with Crippen LogP contribution in [-0.2, 0) is 61.1 Å². The largest absolute Gasteiger partial charge is 0.487 e. The molecule has 2 aliphatic rings. The molecule has 8 aromatic rings. The van der Waals surface area contributed by atoms with Crippen molar-refractivity contribution in [3.63, 3.8) is 0 Å². The van der Waals surface area contributed by atoms with Crippen LogP contribution in [0.1, 0.15) is 193 Å². The maximum absolute atomic E-state index is 14.0. The van der Waals surface area contributed by atoms with E-state index in [9.17, 15) is 19.2 Å². The zero-order valence-electron chi connectivity index (χ0n) is 52.1. The normalized spacial score (nSPS) is 13.8. The summed E-state index contributed by atoms with van der Waals surface area (Å²) in [4.78, 5) is 58.4. The summed E-state index contributed by atoms with van der Waals surface area (Å²) in [5, 5.41) is 25.1. The monoisotopic (exact) mass is 1160 g/mol. The van der Waals surface area contributed by atoms with Crippen LogP contribution >= 0.6 is 0 Å². The number of imide groups is 2. The van der Waals surface area contributed by atoms with Crippen LogP contribution in [0, 0.1) is 0 Å². The lowest BCUT2D eigenvalue weighted by Crippen LogP contribution is -2.44. The quantitative estimate of drug-likeness (QED) is 0.0485. The zero-order chi connectivity index (χ0) is 61.3. The number of aromatic nitrogens is 6. The van der Waals surface area contributed by atoms with Gasteiger partial charge in [0.15, 0.2) is 0 Å². The standard InChI is InChI=1S/C70H82N10O6/c1-67(2,3)49-31-47(32-50(35-49)68(4,5)6)39-77-41-53(73-75-77)43-85-55-19-15-45(16-20-55)37-71-27-13-29-79-63(81)57-23-25-59-62-60(26-24-58(61(57)62)64(79)82)66(84)80(65(59)83)30-14-28-72-38-46-17-21-56(22-18-46)86-44-54-42-78(76-74-54)40-48-33-51(69(7,8)9)36-52(34-48)70(10,11)12/h15-26,31-36,41-42,71-72H,13-14,27-30,37-40,43-44H2,1-12H3. The summed E-state index contributed by atoms with van der Waals surface area (Å²) < 4.78 is 15.9. The number of hydrogen-bond acceptors (Lipinski definition) is 12. The molecule has 10 rings (SSSR count). The lowest BCUT2D eigenvalue weighted by Gasteiger charge is -2.32. The minimum absolute atomic E-state index is 0.0273. The maximum atomic E-state index is 14.0. The van der Waals surface area contributed by atoms with Gasteiger partial charge in [0, 0.05) is 59.2 Å². The van der Waals surface area contributed by atoms with E-state index >= 15 is 0 Å². The van der Waals surface area contributed by atoms with E-state index in [0.717, 1.165) is 34.0 Å². The summed E-state index contributed by atoms with van der Waals surface area (Å²) in [6.07, 6.45) is 4.91. The molecule has 0 saturated heterocycles. The lowest BCUT2D eigenvalue weighted by molar-refractivity contribution is 0.0587. The molecule has 0 fully saturated rings. The van der Waals surface area contributed by atoms with Gasteiger partial charge in [0.2, 0.25) is 0 Å². The van der Waals surface area contributed by atoms with Crippen molar-refractivity contribution >= 4 is 34.4 Å². The van der Waals surface area contributed by atoms with Gasteiger partial charge in [-0.05, 0) is 141 Å². The van der Waals surface area contributed by atoms with Gasteiger partial charge in [-0.25, -0.2) is 9.36 Å². The van der Waals surface area contributed by atoms with Crippen molar-refractivity contribution in [2.75, 3.05) is 26.2 Å². The Morgan fingerprint density at radius 3 is 1.02 bits per heavy atom. The second kappa shape index (κ2) is 24.6. The Kier molecular flexibility index (Phi) is 17.4. The van der Waals surface area contributed by atoms with Gasteiger partial charge < -0.3 is 20.1 Å². The predicted molar refractivity (Wildman–Crippen MR) is 335 cm³/mol. The van der Waals surface area contributed by atoms with E-state index in [1.807, 2.05) is 70.3 Å². The van der Waals surface area contributed by atoms with Gasteiger partial charge in [-0.15, -0.1) is 10.2 Å². The SMILES string of the molecule is CC(C)(C)c1cc(Cn2cc(COc3ccc(CNCCCN4C(=O)c5ccc6c7c(ccc(c57)C4=O)C(=O)N(CCCNCc4ccc(OCc5cn(Cc7cc(C(C)(C)C)cc(C(C)(C)C)c7)nn5)cc4)C6=O)cc3)nn2)cc(C(C)(C)C)c1. The van der Waals surface area contributed by atoms with Crippen LogP contribution in [0.4, 0.5) is 0 Å². The van der Waals surface area contributed by atoms with Crippen LogP contribution < -0.4 is 20.1 Å². The molecule has 2 aromatic heterocycles. The molecular weight excluding hydrogens is 1080 g/mol. The number of carbonyl (C=O) groups excluding carboxylic acids is 4. The fourth-order valence-electron chi connectivity index (χ4n) is 10.9. The molecule has 0 saturated carbocycles. The van der Waals surface area contributed by atoms with E-state index in [-0.39, 0.29) is 48.0 Å². The summed E-state index contributed by atoms with van der Waals surface area (Å²) in [7, 11) is 0. The highest BCUT2D eigenvalue weighted by Crippen LogP contribution is 2.39. The van der Waals surface area contributed by atoms with Gasteiger partial charge in [0.05, 0.1) is 25.5 Å². The molecule has 16 heteroatoms. The molecule has 6 aromatic carbocycles. The molecular formula is C70H82N10O6. The van der Waals surface area contributed by atoms with E-state index in [1.165, 1.54) is 43.2 Å². The molecule has 0 spiro atoms. The Morgan fingerprint density at radius 1 is 0.407 bits per heavy atom. The van der Waals surface area contributed by atoms with Gasteiger partial charge in [-0.3, -0.25) is 29.0 Å². The average Bonchev–Trinajstić information content (AvgIpc) is 0.798. The van der Waals surface area contributed by atoms with Crippen molar-refractivity contribution < 1.29 is 28.7 Å². The smallest absolute Gasteiger partial charge is 0.261 e. The Morgan fingerprint density at radius 2 is 0.721 bits per heavy atom. The number of hydrogen-bond donors (Lipinski definition) is 2. The molecule has 86 heavy (non-hydrogen) atoms. The van der Waals surface area contributed by atoms with E-state index in [1.54, 1.807) is 24.3 Å². The third-order valence-electron chi connectivity index (χ3n) is 16.1. The van der Waals surface area contributed by atoms with Gasteiger partial charge in [0.1, 0.15) is 36.1 Å². The topological polar surface area (TPSA) is 179 Å². The highest BCUT2D eigenvalue weighted by Gasteiger charge is 2.39. The van der Waals surface area contributed by atoms with Crippen molar-refractivity contribution in [2.45, 2.75) is 157 Å². The first-order valence-electron chi connectivity index (χ1n) is 30.0. The van der Waals surface area contributed by atoms with Crippen molar-refractivity contribution in [3.05, 3.63) is 200 Å². The Hall–Kier alpha value is -8.34. The van der Waals surface area contributed by atoms with Gasteiger partial charge in [0.25, 0.3) is 23.6 Å². The highest BCUT2D eigenvalue weighted by molar-refractivity contribution is 6.33. The molecule has 448 valence electrons. The lowest BCUT2D eigenvalue weighted by atomic mass is 9.79. The summed E-state index contributed by atoms with van der Waals surface area (Å²) in [5.74, 6) is -0.323. The molecule has 0 unspecified atom stereocenters. The van der Waals surface area contributed by atoms with Gasteiger partial charge >= 0.3 is 0 Å². The van der Waals surface area contributed by atoms with Crippen molar-refractivity contribution in [1.82, 2.24) is 50.4 Å². The van der Waals surface area contributed by atoms with E-state index < -0.39 is 23.6 Å². The number of carbonyl (C=O) groups is 4. The van der Waals surface area contributed by atoms with Crippen molar-refractivity contribution in [3.8, 4) is 11.5 Å². The second-order valence-electron chi connectivity index (χ2n) is 27.2. The average molecular weight is 1160 g/mol. The number of ether oxygens (including phenoxy) is 2. The van der Waals surface area contributed by atoms with E-state index in [0.29, 0.717) is 85.1 Å². The minimum Gasteiger partial charge on any atom is -0.487 e.